The highest BCUT2D eigenvalue weighted by Crippen LogP contribution is 2.26. The fourth-order valence-corrected chi connectivity index (χ4v) is 2.65. The van der Waals surface area contributed by atoms with Crippen molar-refractivity contribution in [3.05, 3.63) is 63.1 Å². The highest BCUT2D eigenvalue weighted by atomic mass is 79.9. The Bertz CT molecular complexity index is 961. The van der Waals surface area contributed by atoms with Gasteiger partial charge in [0.05, 0.1) is 0 Å². The maximum atomic E-state index is 12.5. The molecule has 0 aliphatic carbocycles. The van der Waals surface area contributed by atoms with Gasteiger partial charge in [-0.1, -0.05) is 28.1 Å². The minimum Gasteiger partial charge on any atom is -0.481 e. The van der Waals surface area contributed by atoms with Crippen molar-refractivity contribution < 1.29 is 19.4 Å². The number of carboxylic acids is 1. The summed E-state index contributed by atoms with van der Waals surface area (Å²) >= 11 is 3.31. The largest absolute Gasteiger partial charge is 0.481 e. The van der Waals surface area contributed by atoms with E-state index in [1.807, 2.05) is 38.1 Å². The highest BCUT2D eigenvalue weighted by molar-refractivity contribution is 9.10. The second-order valence-electron chi connectivity index (χ2n) is 5.81. The normalized spacial score (nSPS) is 10.8. The van der Waals surface area contributed by atoms with Crippen LogP contribution in [-0.2, 0) is 9.59 Å². The zero-order chi connectivity index (χ0) is 20.0. The van der Waals surface area contributed by atoms with Crippen LogP contribution in [-0.4, -0.2) is 23.6 Å². The van der Waals surface area contributed by atoms with Crippen LogP contribution in [0.3, 0.4) is 0 Å². The fourth-order valence-electron chi connectivity index (χ4n) is 2.27. The van der Waals surface area contributed by atoms with E-state index < -0.39 is 18.5 Å². The number of benzene rings is 2. The average Bonchev–Trinajstić information content (AvgIpc) is 2.61. The van der Waals surface area contributed by atoms with Gasteiger partial charge in [-0.05, 0) is 55.3 Å². The van der Waals surface area contributed by atoms with Gasteiger partial charge in [0.15, 0.2) is 6.61 Å². The van der Waals surface area contributed by atoms with E-state index in [1.54, 1.807) is 18.2 Å². The molecule has 7 heteroatoms. The zero-order valence-corrected chi connectivity index (χ0v) is 16.3. The number of aliphatic carboxylic acids is 1. The monoisotopic (exact) mass is 428 g/mol. The predicted molar refractivity (Wildman–Crippen MR) is 105 cm³/mol. The summed E-state index contributed by atoms with van der Waals surface area (Å²) in [5, 5.41) is 20.9. The minimum atomic E-state index is -1.12. The molecule has 0 unspecified atom stereocenters. The van der Waals surface area contributed by atoms with Crippen molar-refractivity contribution in [2.24, 2.45) is 0 Å². The molecule has 0 heterocycles. The highest BCUT2D eigenvalue weighted by Gasteiger charge is 2.13. The number of amides is 1. The number of anilines is 1. The van der Waals surface area contributed by atoms with Crippen LogP contribution in [0.15, 0.2) is 46.4 Å². The molecule has 0 aliphatic rings. The Labute approximate surface area is 165 Å². The number of carbonyl (C=O) groups is 2. The summed E-state index contributed by atoms with van der Waals surface area (Å²) in [4.78, 5) is 23.3. The number of nitrogens with one attached hydrogen (secondary N) is 1. The van der Waals surface area contributed by atoms with Crippen LogP contribution >= 0.6 is 15.9 Å². The van der Waals surface area contributed by atoms with Crippen molar-refractivity contribution in [3.8, 4) is 11.8 Å². The van der Waals surface area contributed by atoms with Crippen LogP contribution in [0.25, 0.3) is 6.08 Å². The molecule has 6 nitrogen and oxygen atoms in total. The Balaban J connectivity index is 2.33. The molecule has 2 aromatic rings. The van der Waals surface area contributed by atoms with Gasteiger partial charge in [0.25, 0.3) is 5.91 Å². The molecule has 0 bridgehead atoms. The van der Waals surface area contributed by atoms with E-state index in [1.165, 1.54) is 6.08 Å². The number of hydrogen-bond donors (Lipinski definition) is 2. The lowest BCUT2D eigenvalue weighted by atomic mass is 10.1. The van der Waals surface area contributed by atoms with E-state index >= 15 is 0 Å². The average molecular weight is 429 g/mol. The number of carboxylic acid groups (broad SMARTS) is 1. The minimum absolute atomic E-state index is 0.130. The molecule has 0 fully saturated rings. The maximum Gasteiger partial charge on any atom is 0.341 e. The Hall–Kier alpha value is -3.11. The summed E-state index contributed by atoms with van der Waals surface area (Å²) in [6.45, 7) is 3.24. The first kappa shape index (κ1) is 20.2. The molecule has 2 rings (SSSR count). The van der Waals surface area contributed by atoms with E-state index in [-0.39, 0.29) is 11.3 Å². The molecule has 0 atom stereocenters. The molecule has 2 N–H and O–H groups in total. The van der Waals surface area contributed by atoms with Gasteiger partial charge in [-0.15, -0.1) is 0 Å². The van der Waals surface area contributed by atoms with E-state index in [0.717, 1.165) is 11.1 Å². The Morgan fingerprint density at radius 1 is 1.26 bits per heavy atom. The van der Waals surface area contributed by atoms with Crippen molar-refractivity contribution in [2.75, 3.05) is 11.9 Å². The van der Waals surface area contributed by atoms with Crippen molar-refractivity contribution in [1.29, 1.82) is 5.26 Å². The number of halogens is 1. The Kier molecular flexibility index (Phi) is 6.74. The third kappa shape index (κ3) is 5.69. The van der Waals surface area contributed by atoms with E-state index in [2.05, 4.69) is 21.2 Å². The molecular weight excluding hydrogens is 412 g/mol. The standard InChI is InChI=1S/C20H17BrN2O4/c1-12-3-4-13(2)17(7-12)23-20(26)15(10-22)8-14-9-16(21)5-6-18(14)27-11-19(24)25/h3-9H,11H2,1-2H3,(H,23,26)(H,24,25)/b15-8+. The van der Waals surface area contributed by atoms with Crippen LogP contribution in [0.4, 0.5) is 5.69 Å². The fraction of sp³-hybridized carbons (Fsp3) is 0.150. The first-order valence-corrected chi connectivity index (χ1v) is 8.74. The van der Waals surface area contributed by atoms with Crippen LogP contribution in [0.1, 0.15) is 16.7 Å². The van der Waals surface area contributed by atoms with Gasteiger partial charge >= 0.3 is 5.97 Å². The van der Waals surface area contributed by atoms with Crippen molar-refractivity contribution in [3.63, 3.8) is 0 Å². The van der Waals surface area contributed by atoms with Gasteiger partial charge in [-0.2, -0.15) is 5.26 Å². The van der Waals surface area contributed by atoms with E-state index in [0.29, 0.717) is 15.7 Å². The Morgan fingerprint density at radius 2 is 2.00 bits per heavy atom. The van der Waals surface area contributed by atoms with Crippen molar-refractivity contribution in [1.82, 2.24) is 0 Å². The molecule has 138 valence electrons. The molecule has 0 aromatic heterocycles. The third-order valence-corrected chi connectivity index (χ3v) is 4.12. The van der Waals surface area contributed by atoms with Crippen molar-refractivity contribution in [2.45, 2.75) is 13.8 Å². The molecule has 0 spiro atoms. The van der Waals surface area contributed by atoms with Crippen molar-refractivity contribution >= 4 is 39.6 Å². The maximum absolute atomic E-state index is 12.5. The second-order valence-corrected chi connectivity index (χ2v) is 6.72. The SMILES string of the molecule is Cc1ccc(C)c(NC(=O)/C(C#N)=C/c2cc(Br)ccc2OCC(=O)O)c1. The molecular formula is C20H17BrN2O4. The van der Waals surface area contributed by atoms with Gasteiger partial charge < -0.3 is 15.2 Å². The molecule has 1 amide bonds. The number of hydrogen-bond acceptors (Lipinski definition) is 4. The molecule has 0 aliphatic heterocycles. The summed E-state index contributed by atoms with van der Waals surface area (Å²) in [6, 6.07) is 12.4. The van der Waals surface area contributed by atoms with Crippen LogP contribution in [0.2, 0.25) is 0 Å². The molecule has 27 heavy (non-hydrogen) atoms. The number of nitriles is 1. The summed E-state index contributed by atoms with van der Waals surface area (Å²) in [5.41, 5.74) is 2.76. The molecule has 0 saturated heterocycles. The Morgan fingerprint density at radius 3 is 2.67 bits per heavy atom. The summed E-state index contributed by atoms with van der Waals surface area (Å²) in [6.07, 6.45) is 1.36. The zero-order valence-electron chi connectivity index (χ0n) is 14.7. The number of aryl methyl sites for hydroxylation is 2. The number of nitrogens with zero attached hydrogens (tertiary/aromatic N) is 1. The van der Waals surface area contributed by atoms with E-state index in [4.69, 9.17) is 9.84 Å². The van der Waals surface area contributed by atoms with E-state index in [9.17, 15) is 14.9 Å². The summed E-state index contributed by atoms with van der Waals surface area (Å²) in [7, 11) is 0. The lowest BCUT2D eigenvalue weighted by molar-refractivity contribution is -0.139. The van der Waals surface area contributed by atoms with Crippen LogP contribution in [0.5, 0.6) is 5.75 Å². The molecule has 2 aromatic carbocycles. The number of rotatable bonds is 6. The lowest BCUT2D eigenvalue weighted by Crippen LogP contribution is -2.14. The molecule has 0 radical (unpaired) electrons. The number of carbonyl (C=O) groups excluding carboxylic acids is 1. The smallest absolute Gasteiger partial charge is 0.341 e. The predicted octanol–water partition coefficient (Wildman–Crippen LogP) is 4.08. The summed E-state index contributed by atoms with van der Waals surface area (Å²) < 4.78 is 5.92. The van der Waals surface area contributed by atoms with Gasteiger partial charge in [0, 0.05) is 15.7 Å². The quantitative estimate of drug-likeness (QED) is 0.533. The second kappa shape index (κ2) is 9.01. The lowest BCUT2D eigenvalue weighted by Gasteiger charge is -2.10. The van der Waals surface area contributed by atoms with Crippen LogP contribution in [0, 0.1) is 25.2 Å². The van der Waals surface area contributed by atoms with Crippen LogP contribution < -0.4 is 10.1 Å². The first-order valence-electron chi connectivity index (χ1n) is 7.94. The number of ether oxygens (including phenoxy) is 1. The van der Waals surface area contributed by atoms with Gasteiger partial charge in [0.1, 0.15) is 17.4 Å². The van der Waals surface area contributed by atoms with Gasteiger partial charge in [-0.3, -0.25) is 4.79 Å². The third-order valence-electron chi connectivity index (χ3n) is 3.63. The molecule has 0 saturated carbocycles. The topological polar surface area (TPSA) is 99.4 Å². The van der Waals surface area contributed by atoms with Gasteiger partial charge in [-0.25, -0.2) is 4.79 Å². The first-order chi connectivity index (χ1) is 12.8. The van der Waals surface area contributed by atoms with Gasteiger partial charge in [0.2, 0.25) is 0 Å². The summed E-state index contributed by atoms with van der Waals surface area (Å²) in [5.74, 6) is -1.43.